The Bertz CT molecular complexity index is 322. The van der Waals surface area contributed by atoms with Gasteiger partial charge in [0, 0.05) is 6.54 Å². The van der Waals surface area contributed by atoms with E-state index in [9.17, 15) is 0 Å². The van der Waals surface area contributed by atoms with Gasteiger partial charge in [-0.05, 0) is 50.3 Å². The zero-order valence-corrected chi connectivity index (χ0v) is 9.84. The maximum absolute atomic E-state index is 3.54. The molecule has 0 aliphatic carbocycles. The molecule has 0 aromatic heterocycles. The number of nitrogens with one attached hydrogen (secondary N) is 1. The summed E-state index contributed by atoms with van der Waals surface area (Å²) in [5.74, 6) is 0.730. The topological polar surface area (TPSA) is 12.0 Å². The van der Waals surface area contributed by atoms with Crippen molar-refractivity contribution in [3.05, 3.63) is 34.9 Å². The summed E-state index contributed by atoms with van der Waals surface area (Å²) in [4.78, 5) is 0. The van der Waals surface area contributed by atoms with Gasteiger partial charge in [-0.25, -0.2) is 0 Å². The Morgan fingerprint density at radius 3 is 2.87 bits per heavy atom. The van der Waals surface area contributed by atoms with Gasteiger partial charge >= 0.3 is 0 Å². The van der Waals surface area contributed by atoms with Crippen LogP contribution in [0.2, 0.25) is 0 Å². The molecule has 0 bridgehead atoms. The van der Waals surface area contributed by atoms with E-state index < -0.39 is 0 Å². The number of hydrogen-bond acceptors (Lipinski definition) is 1. The predicted molar refractivity (Wildman–Crippen MR) is 65.4 cm³/mol. The summed E-state index contributed by atoms with van der Waals surface area (Å²) in [7, 11) is 0. The first-order valence-electron chi connectivity index (χ1n) is 6.05. The fourth-order valence-corrected chi connectivity index (χ4v) is 2.57. The highest BCUT2D eigenvalue weighted by Gasteiger charge is 2.15. The van der Waals surface area contributed by atoms with E-state index in [0.29, 0.717) is 0 Å². The normalized spacial score (nSPS) is 22.4. The minimum atomic E-state index is 0.730. The summed E-state index contributed by atoms with van der Waals surface area (Å²) in [5.41, 5.74) is 4.39. The van der Waals surface area contributed by atoms with Gasteiger partial charge in [-0.1, -0.05) is 30.2 Å². The van der Waals surface area contributed by atoms with Crippen LogP contribution in [-0.4, -0.2) is 13.1 Å². The van der Waals surface area contributed by atoms with E-state index in [4.69, 9.17) is 0 Å². The molecule has 0 saturated carbocycles. The van der Waals surface area contributed by atoms with Gasteiger partial charge in [-0.2, -0.15) is 0 Å². The molecule has 15 heavy (non-hydrogen) atoms. The van der Waals surface area contributed by atoms with E-state index in [1.54, 1.807) is 5.56 Å². The molecule has 0 amide bonds. The van der Waals surface area contributed by atoms with Crippen molar-refractivity contribution in [3.8, 4) is 0 Å². The molecule has 1 nitrogen and oxygen atoms in total. The van der Waals surface area contributed by atoms with Crippen LogP contribution in [0.1, 0.15) is 41.9 Å². The standard InChI is InChI=1S/C14H21N/c1-11-6-7-14(12(2)9-11)13-5-3-4-8-15-10-13/h6-7,9,13,15H,3-5,8,10H2,1-2H3. The van der Waals surface area contributed by atoms with Crippen LogP contribution in [0.3, 0.4) is 0 Å². The highest BCUT2D eigenvalue weighted by atomic mass is 14.9. The first-order valence-corrected chi connectivity index (χ1v) is 6.05. The molecule has 1 atom stereocenters. The first-order chi connectivity index (χ1) is 7.27. The Hall–Kier alpha value is -0.820. The molecule has 1 aliphatic rings. The summed E-state index contributed by atoms with van der Waals surface area (Å²) < 4.78 is 0. The molecule has 1 fully saturated rings. The Morgan fingerprint density at radius 1 is 1.20 bits per heavy atom. The van der Waals surface area contributed by atoms with Crippen LogP contribution in [0.25, 0.3) is 0 Å². The second kappa shape index (κ2) is 4.80. The molecular formula is C14H21N. The molecule has 0 spiro atoms. The third-order valence-electron chi connectivity index (χ3n) is 3.41. The fraction of sp³-hybridized carbons (Fsp3) is 0.571. The molecule has 2 rings (SSSR count). The molecule has 1 heterocycles. The molecule has 1 unspecified atom stereocenters. The predicted octanol–water partition coefficient (Wildman–Crippen LogP) is 3.16. The largest absolute Gasteiger partial charge is 0.316 e. The third kappa shape index (κ3) is 2.60. The van der Waals surface area contributed by atoms with Crippen molar-refractivity contribution in [2.24, 2.45) is 0 Å². The van der Waals surface area contributed by atoms with Crippen LogP contribution in [0.5, 0.6) is 0 Å². The Labute approximate surface area is 92.9 Å². The SMILES string of the molecule is Cc1ccc(C2CCCCNC2)c(C)c1. The van der Waals surface area contributed by atoms with Crippen LogP contribution in [0.15, 0.2) is 18.2 Å². The molecule has 1 saturated heterocycles. The molecule has 82 valence electrons. The fourth-order valence-electron chi connectivity index (χ4n) is 2.57. The Balaban J connectivity index is 2.19. The van der Waals surface area contributed by atoms with Gasteiger partial charge in [0.25, 0.3) is 0 Å². The van der Waals surface area contributed by atoms with Crippen molar-refractivity contribution in [1.82, 2.24) is 5.32 Å². The Morgan fingerprint density at radius 2 is 2.07 bits per heavy atom. The molecule has 1 aromatic rings. The van der Waals surface area contributed by atoms with E-state index in [1.807, 2.05) is 0 Å². The van der Waals surface area contributed by atoms with E-state index >= 15 is 0 Å². The van der Waals surface area contributed by atoms with Crippen molar-refractivity contribution in [3.63, 3.8) is 0 Å². The lowest BCUT2D eigenvalue weighted by Gasteiger charge is -2.17. The number of aryl methyl sites for hydroxylation is 2. The highest BCUT2D eigenvalue weighted by molar-refractivity contribution is 5.33. The average Bonchev–Trinajstić information content (AvgIpc) is 2.46. The van der Waals surface area contributed by atoms with Gasteiger partial charge in [-0.15, -0.1) is 0 Å². The highest BCUT2D eigenvalue weighted by Crippen LogP contribution is 2.26. The molecular weight excluding hydrogens is 182 g/mol. The van der Waals surface area contributed by atoms with E-state index in [-0.39, 0.29) is 0 Å². The van der Waals surface area contributed by atoms with Gasteiger partial charge in [0.1, 0.15) is 0 Å². The van der Waals surface area contributed by atoms with Crippen molar-refractivity contribution in [2.45, 2.75) is 39.0 Å². The van der Waals surface area contributed by atoms with Gasteiger partial charge in [0.2, 0.25) is 0 Å². The van der Waals surface area contributed by atoms with Gasteiger partial charge in [0.15, 0.2) is 0 Å². The Kier molecular flexibility index (Phi) is 3.42. The van der Waals surface area contributed by atoms with Crippen LogP contribution in [0.4, 0.5) is 0 Å². The average molecular weight is 203 g/mol. The van der Waals surface area contributed by atoms with E-state index in [0.717, 1.165) is 12.5 Å². The zero-order chi connectivity index (χ0) is 10.7. The number of hydrogen-bond donors (Lipinski definition) is 1. The molecule has 1 N–H and O–H groups in total. The van der Waals surface area contributed by atoms with Crippen LogP contribution < -0.4 is 5.32 Å². The second-order valence-corrected chi connectivity index (χ2v) is 4.76. The monoisotopic (exact) mass is 203 g/mol. The molecule has 1 heteroatoms. The van der Waals surface area contributed by atoms with Gasteiger partial charge in [-0.3, -0.25) is 0 Å². The van der Waals surface area contributed by atoms with Gasteiger partial charge < -0.3 is 5.32 Å². The number of rotatable bonds is 1. The summed E-state index contributed by atoms with van der Waals surface area (Å²) in [6.07, 6.45) is 4.04. The van der Waals surface area contributed by atoms with Crippen molar-refractivity contribution < 1.29 is 0 Å². The quantitative estimate of drug-likeness (QED) is 0.739. The van der Waals surface area contributed by atoms with Crippen molar-refractivity contribution in [1.29, 1.82) is 0 Å². The molecule has 1 aliphatic heterocycles. The maximum Gasteiger partial charge on any atom is 0.00202 e. The number of benzene rings is 1. The van der Waals surface area contributed by atoms with Crippen molar-refractivity contribution in [2.75, 3.05) is 13.1 Å². The van der Waals surface area contributed by atoms with Crippen LogP contribution >= 0.6 is 0 Å². The van der Waals surface area contributed by atoms with E-state index in [1.165, 1.54) is 36.9 Å². The smallest absolute Gasteiger partial charge is 0.00202 e. The van der Waals surface area contributed by atoms with E-state index in [2.05, 4.69) is 37.4 Å². The van der Waals surface area contributed by atoms with Crippen LogP contribution in [-0.2, 0) is 0 Å². The van der Waals surface area contributed by atoms with Gasteiger partial charge in [0.05, 0.1) is 0 Å². The van der Waals surface area contributed by atoms with Crippen molar-refractivity contribution >= 4 is 0 Å². The lowest BCUT2D eigenvalue weighted by Crippen LogP contribution is -2.19. The lowest BCUT2D eigenvalue weighted by atomic mass is 9.90. The summed E-state index contributed by atoms with van der Waals surface area (Å²) in [6, 6.07) is 6.87. The minimum absolute atomic E-state index is 0.730. The van der Waals surface area contributed by atoms with Crippen LogP contribution in [0, 0.1) is 13.8 Å². The lowest BCUT2D eigenvalue weighted by molar-refractivity contribution is 0.607. The third-order valence-corrected chi connectivity index (χ3v) is 3.41. The minimum Gasteiger partial charge on any atom is -0.316 e. The summed E-state index contributed by atoms with van der Waals surface area (Å²) in [6.45, 7) is 6.76. The summed E-state index contributed by atoms with van der Waals surface area (Å²) in [5, 5.41) is 3.54. The first kappa shape index (κ1) is 10.7. The maximum atomic E-state index is 3.54. The second-order valence-electron chi connectivity index (χ2n) is 4.76. The molecule has 0 radical (unpaired) electrons. The zero-order valence-electron chi connectivity index (χ0n) is 9.84. The summed E-state index contributed by atoms with van der Waals surface area (Å²) >= 11 is 0. The molecule has 1 aromatic carbocycles.